The minimum absolute atomic E-state index is 0.103. The van der Waals surface area contributed by atoms with Crippen LogP contribution in [0.4, 0.5) is 0 Å². The number of aryl methyl sites for hydroxylation is 1. The van der Waals surface area contributed by atoms with Crippen LogP contribution in [-0.4, -0.2) is 19.7 Å². The van der Waals surface area contributed by atoms with Gasteiger partial charge in [-0.2, -0.15) is 0 Å². The largest absolute Gasteiger partial charge is 0.420 e. The van der Waals surface area contributed by atoms with Gasteiger partial charge in [0, 0.05) is 5.56 Å². The van der Waals surface area contributed by atoms with Gasteiger partial charge in [-0.05, 0) is 48.9 Å². The molecular weight excluding hydrogens is 408 g/mol. The lowest BCUT2D eigenvalue weighted by Gasteiger charge is -2.13. The standard InChI is InChI=1S/C24H18N4O2S/c1-16-8-7-11-18(14-16)28-23(29)19-12-5-6-13-20(19)25-24(28)31-15-21-26-27-22(30-21)17-9-3-2-4-10-17/h2-14H,15H2,1H3. The van der Waals surface area contributed by atoms with Crippen molar-refractivity contribution >= 4 is 22.7 Å². The number of nitrogens with zero attached hydrogens (tertiary/aromatic N) is 4. The molecule has 0 radical (unpaired) electrons. The number of aromatic nitrogens is 4. The highest BCUT2D eigenvalue weighted by Crippen LogP contribution is 2.26. The summed E-state index contributed by atoms with van der Waals surface area (Å²) in [5, 5.41) is 9.45. The quantitative estimate of drug-likeness (QED) is 0.290. The normalized spacial score (nSPS) is 11.1. The van der Waals surface area contributed by atoms with Gasteiger partial charge >= 0.3 is 0 Å². The van der Waals surface area contributed by atoms with Crippen molar-refractivity contribution in [2.45, 2.75) is 17.8 Å². The Balaban J connectivity index is 1.53. The van der Waals surface area contributed by atoms with Crippen molar-refractivity contribution in [3.63, 3.8) is 0 Å². The molecular formula is C24H18N4O2S. The average molecular weight is 427 g/mol. The van der Waals surface area contributed by atoms with Crippen molar-refractivity contribution in [3.05, 3.63) is 101 Å². The van der Waals surface area contributed by atoms with Crippen LogP contribution in [0, 0.1) is 6.92 Å². The molecule has 0 amide bonds. The molecule has 0 saturated carbocycles. The van der Waals surface area contributed by atoms with Crippen molar-refractivity contribution < 1.29 is 4.42 Å². The highest BCUT2D eigenvalue weighted by atomic mass is 32.2. The molecule has 6 nitrogen and oxygen atoms in total. The lowest BCUT2D eigenvalue weighted by atomic mass is 10.2. The van der Waals surface area contributed by atoms with Gasteiger partial charge in [-0.1, -0.05) is 54.2 Å². The van der Waals surface area contributed by atoms with Gasteiger partial charge in [0.05, 0.1) is 22.3 Å². The lowest BCUT2D eigenvalue weighted by molar-refractivity contribution is 0.528. The number of fused-ring (bicyclic) bond motifs is 1. The first-order chi connectivity index (χ1) is 15.2. The molecule has 0 aliphatic rings. The average Bonchev–Trinajstić information content (AvgIpc) is 3.27. The van der Waals surface area contributed by atoms with E-state index in [-0.39, 0.29) is 5.56 Å². The molecule has 3 aromatic carbocycles. The molecule has 0 N–H and O–H groups in total. The second-order valence-corrected chi connectivity index (χ2v) is 7.99. The van der Waals surface area contributed by atoms with Gasteiger partial charge in [-0.3, -0.25) is 9.36 Å². The molecule has 2 heterocycles. The van der Waals surface area contributed by atoms with E-state index in [2.05, 4.69) is 10.2 Å². The third kappa shape index (κ3) is 3.87. The first-order valence-corrected chi connectivity index (χ1v) is 10.8. The Morgan fingerprint density at radius 1 is 0.935 bits per heavy atom. The van der Waals surface area contributed by atoms with Crippen LogP contribution in [0.3, 0.4) is 0 Å². The third-order valence-electron chi connectivity index (χ3n) is 4.82. The van der Waals surface area contributed by atoms with Crippen LogP contribution in [-0.2, 0) is 5.75 Å². The fraction of sp³-hybridized carbons (Fsp3) is 0.0833. The molecule has 0 bridgehead atoms. The minimum atomic E-state index is -0.103. The van der Waals surface area contributed by atoms with E-state index in [0.29, 0.717) is 33.6 Å². The molecule has 152 valence electrons. The van der Waals surface area contributed by atoms with Gasteiger partial charge in [0.1, 0.15) is 0 Å². The van der Waals surface area contributed by atoms with Gasteiger partial charge in [0.15, 0.2) is 5.16 Å². The fourth-order valence-corrected chi connectivity index (χ4v) is 4.19. The van der Waals surface area contributed by atoms with Crippen molar-refractivity contribution in [2.75, 3.05) is 0 Å². The molecule has 0 spiro atoms. The second-order valence-electron chi connectivity index (χ2n) is 7.05. The summed E-state index contributed by atoms with van der Waals surface area (Å²) in [4.78, 5) is 18.1. The number of thioether (sulfide) groups is 1. The van der Waals surface area contributed by atoms with E-state index in [1.54, 1.807) is 10.6 Å². The minimum Gasteiger partial charge on any atom is -0.420 e. The van der Waals surface area contributed by atoms with E-state index >= 15 is 0 Å². The summed E-state index contributed by atoms with van der Waals surface area (Å²) in [5.74, 6) is 1.34. The number of benzene rings is 3. The number of rotatable bonds is 5. The van der Waals surface area contributed by atoms with Crippen molar-refractivity contribution in [2.24, 2.45) is 0 Å². The van der Waals surface area contributed by atoms with Crippen LogP contribution in [0.5, 0.6) is 0 Å². The van der Waals surface area contributed by atoms with Crippen LogP contribution in [0.15, 0.2) is 93.2 Å². The van der Waals surface area contributed by atoms with E-state index in [1.807, 2.05) is 79.7 Å². The van der Waals surface area contributed by atoms with Gasteiger partial charge in [0.25, 0.3) is 5.56 Å². The topological polar surface area (TPSA) is 73.8 Å². The molecule has 0 unspecified atom stereocenters. The molecule has 31 heavy (non-hydrogen) atoms. The van der Waals surface area contributed by atoms with Crippen molar-refractivity contribution in [1.82, 2.24) is 19.7 Å². The van der Waals surface area contributed by atoms with Crippen LogP contribution in [0.2, 0.25) is 0 Å². The predicted octanol–water partition coefficient (Wildman–Crippen LogP) is 5.04. The zero-order valence-corrected chi connectivity index (χ0v) is 17.5. The number of hydrogen-bond acceptors (Lipinski definition) is 6. The number of para-hydroxylation sites is 1. The molecule has 0 aliphatic heterocycles. The molecule has 0 atom stereocenters. The Morgan fingerprint density at radius 2 is 1.74 bits per heavy atom. The maximum atomic E-state index is 13.3. The van der Waals surface area contributed by atoms with Gasteiger partial charge in [-0.15, -0.1) is 10.2 Å². The molecule has 7 heteroatoms. The first-order valence-electron chi connectivity index (χ1n) is 9.78. The van der Waals surface area contributed by atoms with E-state index in [0.717, 1.165) is 16.8 Å². The summed E-state index contributed by atoms with van der Waals surface area (Å²) < 4.78 is 7.46. The summed E-state index contributed by atoms with van der Waals surface area (Å²) in [6, 6.07) is 24.8. The molecule has 0 aliphatic carbocycles. The molecule has 5 rings (SSSR count). The monoisotopic (exact) mass is 426 g/mol. The molecule has 2 aromatic heterocycles. The third-order valence-corrected chi connectivity index (χ3v) is 5.74. The van der Waals surface area contributed by atoms with Gasteiger partial charge in [0.2, 0.25) is 11.8 Å². The summed E-state index contributed by atoms with van der Waals surface area (Å²) >= 11 is 1.39. The molecule has 5 aromatic rings. The van der Waals surface area contributed by atoms with E-state index in [4.69, 9.17) is 9.40 Å². The summed E-state index contributed by atoms with van der Waals surface area (Å²) in [7, 11) is 0. The smallest absolute Gasteiger partial charge is 0.266 e. The van der Waals surface area contributed by atoms with Crippen molar-refractivity contribution in [1.29, 1.82) is 0 Å². The highest BCUT2D eigenvalue weighted by Gasteiger charge is 2.15. The van der Waals surface area contributed by atoms with Crippen LogP contribution < -0.4 is 5.56 Å². The van der Waals surface area contributed by atoms with E-state index in [1.165, 1.54) is 11.8 Å². The summed E-state index contributed by atoms with van der Waals surface area (Å²) in [6.45, 7) is 2.00. The maximum Gasteiger partial charge on any atom is 0.266 e. The Kier molecular flexibility index (Phi) is 5.09. The predicted molar refractivity (Wildman–Crippen MR) is 121 cm³/mol. The molecule has 0 saturated heterocycles. The van der Waals surface area contributed by atoms with E-state index < -0.39 is 0 Å². The van der Waals surface area contributed by atoms with Crippen LogP contribution >= 0.6 is 11.8 Å². The Morgan fingerprint density at radius 3 is 2.58 bits per heavy atom. The first kappa shape index (κ1) is 19.3. The van der Waals surface area contributed by atoms with Crippen LogP contribution in [0.1, 0.15) is 11.5 Å². The maximum absolute atomic E-state index is 13.3. The number of hydrogen-bond donors (Lipinski definition) is 0. The lowest BCUT2D eigenvalue weighted by Crippen LogP contribution is -2.21. The Bertz CT molecular complexity index is 1430. The summed E-state index contributed by atoms with van der Waals surface area (Å²) in [5.41, 5.74) is 3.27. The SMILES string of the molecule is Cc1cccc(-n2c(SCc3nnc(-c4ccccc4)o3)nc3ccccc3c2=O)c1. The van der Waals surface area contributed by atoms with E-state index in [9.17, 15) is 4.79 Å². The van der Waals surface area contributed by atoms with Gasteiger partial charge in [-0.25, -0.2) is 4.98 Å². The van der Waals surface area contributed by atoms with Crippen LogP contribution in [0.25, 0.3) is 28.0 Å². The van der Waals surface area contributed by atoms with Gasteiger partial charge < -0.3 is 4.42 Å². The zero-order valence-electron chi connectivity index (χ0n) is 16.7. The zero-order chi connectivity index (χ0) is 21.2. The van der Waals surface area contributed by atoms with Crippen molar-refractivity contribution in [3.8, 4) is 17.1 Å². The Labute approximate surface area is 182 Å². The molecule has 0 fully saturated rings. The second kappa shape index (κ2) is 8.20. The highest BCUT2D eigenvalue weighted by molar-refractivity contribution is 7.98. The summed E-state index contributed by atoms with van der Waals surface area (Å²) in [6.07, 6.45) is 0. The Hall–Kier alpha value is -3.71. The fourth-order valence-electron chi connectivity index (χ4n) is 3.34.